The molecule has 0 aromatic carbocycles. The summed E-state index contributed by atoms with van der Waals surface area (Å²) in [6, 6.07) is 0. The van der Waals surface area contributed by atoms with Gasteiger partial charge in [0.25, 0.3) is 0 Å². The Bertz CT molecular complexity index is 462. The standard InChI is InChI=1S/C15H25N3O2S/c1-15(2,3)12-11-21-13(17-12)10-16-5-4-14(19)18-6-8-20-9-7-18/h11,16H,4-10H2,1-3H3. The van der Waals surface area contributed by atoms with Gasteiger partial charge in [-0.3, -0.25) is 4.79 Å². The van der Waals surface area contributed by atoms with E-state index < -0.39 is 0 Å². The average Bonchev–Trinajstić information content (AvgIpc) is 2.93. The number of hydrogen-bond acceptors (Lipinski definition) is 5. The van der Waals surface area contributed by atoms with Crippen LogP contribution in [0, 0.1) is 0 Å². The molecule has 0 spiro atoms. The molecule has 0 aliphatic carbocycles. The molecular weight excluding hydrogens is 286 g/mol. The van der Waals surface area contributed by atoms with Gasteiger partial charge in [-0.05, 0) is 0 Å². The van der Waals surface area contributed by atoms with Crippen LogP contribution < -0.4 is 5.32 Å². The van der Waals surface area contributed by atoms with Gasteiger partial charge in [-0.1, -0.05) is 20.8 Å². The van der Waals surface area contributed by atoms with E-state index >= 15 is 0 Å². The molecule has 0 bridgehead atoms. The maximum Gasteiger partial charge on any atom is 0.224 e. The van der Waals surface area contributed by atoms with Crippen molar-refractivity contribution in [2.24, 2.45) is 0 Å². The van der Waals surface area contributed by atoms with Crippen LogP contribution in [0.4, 0.5) is 0 Å². The number of rotatable bonds is 5. The van der Waals surface area contributed by atoms with Crippen molar-refractivity contribution in [3.8, 4) is 0 Å². The minimum Gasteiger partial charge on any atom is -0.378 e. The predicted molar refractivity (Wildman–Crippen MR) is 84.5 cm³/mol. The maximum atomic E-state index is 12.0. The molecule has 1 aromatic heterocycles. The lowest BCUT2D eigenvalue weighted by Gasteiger charge is -2.26. The molecule has 5 nitrogen and oxygen atoms in total. The smallest absolute Gasteiger partial charge is 0.224 e. The Kier molecular flexibility index (Phi) is 5.72. The third-order valence-electron chi connectivity index (χ3n) is 3.48. The van der Waals surface area contributed by atoms with Crippen molar-refractivity contribution in [2.75, 3.05) is 32.8 Å². The molecule has 0 saturated carbocycles. The van der Waals surface area contributed by atoms with Crippen molar-refractivity contribution in [1.29, 1.82) is 0 Å². The number of carbonyl (C=O) groups is 1. The van der Waals surface area contributed by atoms with E-state index in [4.69, 9.17) is 4.74 Å². The minimum absolute atomic E-state index is 0.0983. The van der Waals surface area contributed by atoms with Gasteiger partial charge >= 0.3 is 0 Å². The lowest BCUT2D eigenvalue weighted by Crippen LogP contribution is -2.41. The van der Waals surface area contributed by atoms with Gasteiger partial charge in [0.05, 0.1) is 18.9 Å². The molecule has 1 amide bonds. The molecule has 0 radical (unpaired) electrons. The van der Waals surface area contributed by atoms with Crippen molar-refractivity contribution >= 4 is 17.2 Å². The van der Waals surface area contributed by atoms with Gasteiger partial charge in [-0.25, -0.2) is 4.98 Å². The summed E-state index contributed by atoms with van der Waals surface area (Å²) in [6.45, 7) is 10.7. The number of ether oxygens (including phenoxy) is 1. The normalized spacial score (nSPS) is 16.2. The fourth-order valence-electron chi connectivity index (χ4n) is 2.10. The number of carbonyl (C=O) groups excluding carboxylic acids is 1. The highest BCUT2D eigenvalue weighted by Gasteiger charge is 2.18. The van der Waals surface area contributed by atoms with Gasteiger partial charge in [0.15, 0.2) is 0 Å². The first kappa shape index (κ1) is 16.4. The Hall–Kier alpha value is -0.980. The Morgan fingerprint density at radius 2 is 2.14 bits per heavy atom. The average molecular weight is 311 g/mol. The highest BCUT2D eigenvalue weighted by atomic mass is 32.1. The number of nitrogens with zero attached hydrogens (tertiary/aromatic N) is 2. The lowest BCUT2D eigenvalue weighted by molar-refractivity contribution is -0.135. The van der Waals surface area contributed by atoms with Gasteiger partial charge < -0.3 is 15.0 Å². The van der Waals surface area contributed by atoms with E-state index in [-0.39, 0.29) is 11.3 Å². The zero-order valence-electron chi connectivity index (χ0n) is 13.1. The summed E-state index contributed by atoms with van der Waals surface area (Å²) >= 11 is 1.68. The first-order valence-corrected chi connectivity index (χ1v) is 8.36. The van der Waals surface area contributed by atoms with Crippen molar-refractivity contribution in [1.82, 2.24) is 15.2 Å². The monoisotopic (exact) mass is 311 g/mol. The molecule has 1 aliphatic rings. The van der Waals surface area contributed by atoms with E-state index in [0.717, 1.165) is 30.3 Å². The number of amides is 1. The predicted octanol–water partition coefficient (Wildman–Crippen LogP) is 1.78. The van der Waals surface area contributed by atoms with Crippen LogP contribution in [0.2, 0.25) is 0 Å². The second-order valence-corrected chi connectivity index (χ2v) is 7.24. The molecule has 2 heterocycles. The topological polar surface area (TPSA) is 54.5 Å². The summed E-state index contributed by atoms with van der Waals surface area (Å²) in [5.74, 6) is 0.209. The van der Waals surface area contributed by atoms with Gasteiger partial charge in [-0.2, -0.15) is 0 Å². The van der Waals surface area contributed by atoms with E-state index in [9.17, 15) is 4.79 Å². The second-order valence-electron chi connectivity index (χ2n) is 6.30. The highest BCUT2D eigenvalue weighted by molar-refractivity contribution is 7.09. The van der Waals surface area contributed by atoms with Gasteiger partial charge in [0, 0.05) is 43.4 Å². The first-order valence-electron chi connectivity index (χ1n) is 7.48. The third-order valence-corrected chi connectivity index (χ3v) is 4.32. The van der Waals surface area contributed by atoms with Crippen LogP contribution >= 0.6 is 11.3 Å². The van der Waals surface area contributed by atoms with Crippen LogP contribution in [0.25, 0.3) is 0 Å². The van der Waals surface area contributed by atoms with Gasteiger partial charge in [-0.15, -0.1) is 11.3 Å². The Balaban J connectivity index is 1.67. The molecule has 6 heteroatoms. The second kappa shape index (κ2) is 7.33. The molecule has 2 rings (SSSR count). The summed E-state index contributed by atoms with van der Waals surface area (Å²) in [7, 11) is 0. The maximum absolute atomic E-state index is 12.0. The molecule has 21 heavy (non-hydrogen) atoms. The van der Waals surface area contributed by atoms with Crippen LogP contribution in [-0.4, -0.2) is 48.6 Å². The fraction of sp³-hybridized carbons (Fsp3) is 0.733. The van der Waals surface area contributed by atoms with Gasteiger partial charge in [0.2, 0.25) is 5.91 Å². The zero-order chi connectivity index (χ0) is 15.3. The van der Waals surface area contributed by atoms with E-state index in [0.29, 0.717) is 26.2 Å². The van der Waals surface area contributed by atoms with E-state index in [2.05, 4.69) is 36.5 Å². The quantitative estimate of drug-likeness (QED) is 0.842. The zero-order valence-corrected chi connectivity index (χ0v) is 14.0. The lowest BCUT2D eigenvalue weighted by atomic mass is 9.93. The van der Waals surface area contributed by atoms with Gasteiger partial charge in [0.1, 0.15) is 5.01 Å². The Labute approximate surface area is 130 Å². The first-order chi connectivity index (χ1) is 9.97. The molecule has 118 valence electrons. The summed E-state index contributed by atoms with van der Waals surface area (Å²) in [6.07, 6.45) is 0.539. The number of aromatic nitrogens is 1. The van der Waals surface area contributed by atoms with Crippen molar-refractivity contribution in [3.05, 3.63) is 16.1 Å². The van der Waals surface area contributed by atoms with Crippen molar-refractivity contribution < 1.29 is 9.53 Å². The minimum atomic E-state index is 0.0983. The van der Waals surface area contributed by atoms with Crippen molar-refractivity contribution in [3.63, 3.8) is 0 Å². The summed E-state index contributed by atoms with van der Waals surface area (Å²) in [5, 5.41) is 6.51. The number of nitrogens with one attached hydrogen (secondary N) is 1. The fourth-order valence-corrected chi connectivity index (χ4v) is 3.09. The van der Waals surface area contributed by atoms with Crippen LogP contribution in [0.1, 0.15) is 37.9 Å². The summed E-state index contributed by atoms with van der Waals surface area (Å²) in [4.78, 5) is 18.5. The third kappa shape index (κ3) is 5.05. The molecule has 1 aliphatic heterocycles. The number of thiazole rings is 1. The number of morpholine rings is 1. The molecular formula is C15H25N3O2S. The molecule has 0 unspecified atom stereocenters. The molecule has 0 atom stereocenters. The van der Waals surface area contributed by atoms with E-state index in [1.807, 2.05) is 4.90 Å². The molecule has 1 aromatic rings. The molecule has 1 N–H and O–H groups in total. The summed E-state index contributed by atoms with van der Waals surface area (Å²) < 4.78 is 5.25. The largest absolute Gasteiger partial charge is 0.378 e. The SMILES string of the molecule is CC(C)(C)c1csc(CNCCC(=O)N2CCOCC2)n1. The van der Waals surface area contributed by atoms with Crippen molar-refractivity contribution in [2.45, 2.75) is 39.2 Å². The van der Waals surface area contributed by atoms with E-state index in [1.165, 1.54) is 0 Å². The highest BCUT2D eigenvalue weighted by Crippen LogP contribution is 2.23. The number of hydrogen-bond donors (Lipinski definition) is 1. The van der Waals surface area contributed by atoms with Crippen LogP contribution in [0.3, 0.4) is 0 Å². The molecule has 1 fully saturated rings. The molecule has 1 saturated heterocycles. The summed E-state index contributed by atoms with van der Waals surface area (Å²) in [5.41, 5.74) is 1.23. The van der Waals surface area contributed by atoms with Crippen LogP contribution in [0.5, 0.6) is 0 Å². The van der Waals surface area contributed by atoms with Crippen LogP contribution in [0.15, 0.2) is 5.38 Å². The Morgan fingerprint density at radius 3 is 2.76 bits per heavy atom. The van der Waals surface area contributed by atoms with E-state index in [1.54, 1.807) is 11.3 Å². The Morgan fingerprint density at radius 1 is 1.43 bits per heavy atom. The van der Waals surface area contributed by atoms with Crippen LogP contribution in [-0.2, 0) is 21.5 Å².